The third-order valence-corrected chi connectivity index (χ3v) is 4.97. The predicted octanol–water partition coefficient (Wildman–Crippen LogP) is 1.78. The summed E-state index contributed by atoms with van der Waals surface area (Å²) in [5.41, 5.74) is 0.156. The SMILES string of the molecule is CCNC(=NCC1CCOCC1)NC1CC(OC)C1(C)C. The topological polar surface area (TPSA) is 54.9 Å². The lowest BCUT2D eigenvalue weighted by Gasteiger charge is -2.51. The fourth-order valence-electron chi connectivity index (χ4n) is 3.16. The van der Waals surface area contributed by atoms with E-state index >= 15 is 0 Å². The molecule has 0 aromatic heterocycles. The molecule has 2 fully saturated rings. The van der Waals surface area contributed by atoms with Crippen LogP contribution in [0.25, 0.3) is 0 Å². The molecule has 0 aromatic rings. The molecule has 1 saturated heterocycles. The molecule has 2 unspecified atom stereocenters. The maximum absolute atomic E-state index is 5.51. The Bertz CT molecular complexity index is 351. The van der Waals surface area contributed by atoms with E-state index in [0.717, 1.165) is 51.5 Å². The van der Waals surface area contributed by atoms with Gasteiger partial charge in [-0.1, -0.05) is 13.8 Å². The van der Waals surface area contributed by atoms with Gasteiger partial charge in [0.1, 0.15) is 0 Å². The number of hydrogen-bond donors (Lipinski definition) is 2. The van der Waals surface area contributed by atoms with E-state index in [1.807, 2.05) is 0 Å². The van der Waals surface area contributed by atoms with Crippen LogP contribution < -0.4 is 10.6 Å². The molecule has 2 atom stereocenters. The predicted molar refractivity (Wildman–Crippen MR) is 85.6 cm³/mol. The van der Waals surface area contributed by atoms with E-state index in [1.54, 1.807) is 7.11 Å². The molecule has 2 N–H and O–H groups in total. The van der Waals surface area contributed by atoms with Gasteiger partial charge in [0.05, 0.1) is 6.10 Å². The Morgan fingerprint density at radius 1 is 1.33 bits per heavy atom. The van der Waals surface area contributed by atoms with Gasteiger partial charge < -0.3 is 20.1 Å². The van der Waals surface area contributed by atoms with Gasteiger partial charge in [-0.05, 0) is 32.1 Å². The standard InChI is InChI=1S/C16H31N3O2/c1-5-17-15(18-11-12-6-8-21-9-7-12)19-13-10-14(20-4)16(13,2)3/h12-14H,5-11H2,1-4H3,(H2,17,18,19). The van der Waals surface area contributed by atoms with E-state index in [2.05, 4.69) is 31.4 Å². The van der Waals surface area contributed by atoms with Gasteiger partial charge in [0, 0.05) is 44.9 Å². The number of methoxy groups -OCH3 is 1. The minimum atomic E-state index is 0.156. The molecule has 122 valence electrons. The molecule has 2 aliphatic rings. The molecule has 21 heavy (non-hydrogen) atoms. The number of ether oxygens (including phenoxy) is 2. The summed E-state index contributed by atoms with van der Waals surface area (Å²) >= 11 is 0. The second kappa shape index (κ2) is 7.45. The number of guanidine groups is 1. The maximum Gasteiger partial charge on any atom is 0.191 e. The van der Waals surface area contributed by atoms with Gasteiger partial charge in [0.25, 0.3) is 0 Å². The zero-order valence-corrected chi connectivity index (χ0v) is 13.9. The quantitative estimate of drug-likeness (QED) is 0.600. The van der Waals surface area contributed by atoms with Crippen molar-refractivity contribution in [1.29, 1.82) is 0 Å². The highest BCUT2D eigenvalue weighted by molar-refractivity contribution is 5.80. The Kier molecular flexibility index (Phi) is 5.88. The van der Waals surface area contributed by atoms with Gasteiger partial charge in [0.15, 0.2) is 5.96 Å². The van der Waals surface area contributed by atoms with Crippen molar-refractivity contribution in [2.75, 3.05) is 33.4 Å². The van der Waals surface area contributed by atoms with Crippen molar-refractivity contribution in [2.45, 2.75) is 52.2 Å². The Hall–Kier alpha value is -0.810. The van der Waals surface area contributed by atoms with Crippen LogP contribution >= 0.6 is 0 Å². The van der Waals surface area contributed by atoms with Crippen LogP contribution in [0.15, 0.2) is 4.99 Å². The summed E-state index contributed by atoms with van der Waals surface area (Å²) in [5.74, 6) is 1.60. The molecule has 1 aliphatic carbocycles. The van der Waals surface area contributed by atoms with Crippen molar-refractivity contribution in [3.05, 3.63) is 0 Å². The summed E-state index contributed by atoms with van der Waals surface area (Å²) in [6.45, 7) is 10.2. The van der Waals surface area contributed by atoms with E-state index in [9.17, 15) is 0 Å². The fourth-order valence-corrected chi connectivity index (χ4v) is 3.16. The Labute approximate surface area is 128 Å². The van der Waals surface area contributed by atoms with Crippen LogP contribution in [0.5, 0.6) is 0 Å². The van der Waals surface area contributed by atoms with Crippen molar-refractivity contribution in [3.63, 3.8) is 0 Å². The monoisotopic (exact) mass is 297 g/mol. The normalized spacial score (nSPS) is 29.8. The molecular weight excluding hydrogens is 266 g/mol. The van der Waals surface area contributed by atoms with Crippen LogP contribution in [0.3, 0.4) is 0 Å². The van der Waals surface area contributed by atoms with Gasteiger partial charge in [0.2, 0.25) is 0 Å². The molecule has 1 saturated carbocycles. The van der Waals surface area contributed by atoms with Crippen molar-refractivity contribution < 1.29 is 9.47 Å². The molecule has 1 heterocycles. The largest absolute Gasteiger partial charge is 0.381 e. The van der Waals surface area contributed by atoms with E-state index < -0.39 is 0 Å². The van der Waals surface area contributed by atoms with Crippen LogP contribution in [0.2, 0.25) is 0 Å². The van der Waals surface area contributed by atoms with E-state index in [1.165, 1.54) is 0 Å². The van der Waals surface area contributed by atoms with Crippen LogP contribution in [0.4, 0.5) is 0 Å². The van der Waals surface area contributed by atoms with Gasteiger partial charge >= 0.3 is 0 Å². The molecule has 0 aromatic carbocycles. The Balaban J connectivity index is 1.86. The number of nitrogens with zero attached hydrogens (tertiary/aromatic N) is 1. The van der Waals surface area contributed by atoms with Crippen molar-refractivity contribution in [2.24, 2.45) is 16.3 Å². The van der Waals surface area contributed by atoms with Gasteiger partial charge in [-0.3, -0.25) is 4.99 Å². The van der Waals surface area contributed by atoms with Gasteiger partial charge in [-0.2, -0.15) is 0 Å². The lowest BCUT2D eigenvalue weighted by atomic mass is 9.64. The first-order chi connectivity index (χ1) is 10.1. The Morgan fingerprint density at radius 2 is 2.05 bits per heavy atom. The zero-order valence-electron chi connectivity index (χ0n) is 13.9. The summed E-state index contributed by atoms with van der Waals surface area (Å²) in [4.78, 5) is 4.77. The minimum Gasteiger partial charge on any atom is -0.381 e. The van der Waals surface area contributed by atoms with Crippen molar-refractivity contribution in [3.8, 4) is 0 Å². The third-order valence-electron chi connectivity index (χ3n) is 4.97. The molecule has 1 aliphatic heterocycles. The summed E-state index contributed by atoms with van der Waals surface area (Å²) < 4.78 is 10.9. The zero-order chi connectivity index (χ0) is 15.3. The fraction of sp³-hybridized carbons (Fsp3) is 0.938. The van der Waals surface area contributed by atoms with Crippen LogP contribution in [-0.2, 0) is 9.47 Å². The lowest BCUT2D eigenvalue weighted by Crippen LogP contribution is -2.63. The molecule has 0 spiro atoms. The van der Waals surface area contributed by atoms with Crippen molar-refractivity contribution in [1.82, 2.24) is 10.6 Å². The number of nitrogens with one attached hydrogen (secondary N) is 2. The summed E-state index contributed by atoms with van der Waals surface area (Å²) in [6.07, 6.45) is 3.64. The van der Waals surface area contributed by atoms with Crippen LogP contribution in [0, 0.1) is 11.3 Å². The van der Waals surface area contributed by atoms with Crippen LogP contribution in [-0.4, -0.2) is 51.5 Å². The van der Waals surface area contributed by atoms with E-state index in [0.29, 0.717) is 18.1 Å². The Morgan fingerprint density at radius 3 is 2.62 bits per heavy atom. The molecule has 0 bridgehead atoms. The first-order valence-electron chi connectivity index (χ1n) is 8.23. The molecule has 5 nitrogen and oxygen atoms in total. The average molecular weight is 297 g/mol. The van der Waals surface area contributed by atoms with E-state index in [-0.39, 0.29) is 5.41 Å². The first-order valence-corrected chi connectivity index (χ1v) is 8.23. The van der Waals surface area contributed by atoms with Gasteiger partial charge in [-0.15, -0.1) is 0 Å². The number of rotatable bonds is 5. The molecule has 5 heteroatoms. The van der Waals surface area contributed by atoms with Gasteiger partial charge in [-0.25, -0.2) is 0 Å². The number of aliphatic imine (C=N–C) groups is 1. The number of hydrogen-bond acceptors (Lipinski definition) is 3. The molecule has 2 rings (SSSR count). The van der Waals surface area contributed by atoms with Crippen molar-refractivity contribution >= 4 is 5.96 Å². The third kappa shape index (κ3) is 4.10. The van der Waals surface area contributed by atoms with E-state index in [4.69, 9.17) is 14.5 Å². The smallest absolute Gasteiger partial charge is 0.191 e. The summed E-state index contributed by atoms with van der Waals surface area (Å²) in [7, 11) is 1.80. The molecular formula is C16H31N3O2. The average Bonchev–Trinajstić information content (AvgIpc) is 2.49. The molecule has 0 amide bonds. The second-order valence-electron chi connectivity index (χ2n) is 6.75. The lowest BCUT2D eigenvalue weighted by molar-refractivity contribution is -0.0922. The highest BCUT2D eigenvalue weighted by Crippen LogP contribution is 2.42. The minimum absolute atomic E-state index is 0.156. The first kappa shape index (κ1) is 16.6. The molecule has 0 radical (unpaired) electrons. The second-order valence-corrected chi connectivity index (χ2v) is 6.75. The maximum atomic E-state index is 5.51. The summed E-state index contributed by atoms with van der Waals surface area (Å²) in [6, 6.07) is 0.426. The highest BCUT2D eigenvalue weighted by Gasteiger charge is 2.48. The highest BCUT2D eigenvalue weighted by atomic mass is 16.5. The van der Waals surface area contributed by atoms with Crippen LogP contribution in [0.1, 0.15) is 40.0 Å². The summed E-state index contributed by atoms with van der Waals surface area (Å²) in [5, 5.41) is 6.93.